The summed E-state index contributed by atoms with van der Waals surface area (Å²) in [6.07, 6.45) is 6.61. The largest absolute Gasteiger partial charge is 0.352 e. The highest BCUT2D eigenvalue weighted by molar-refractivity contribution is 5.93. The molecule has 0 saturated heterocycles. The van der Waals surface area contributed by atoms with E-state index in [0.29, 0.717) is 5.56 Å². The third-order valence-corrected chi connectivity index (χ3v) is 1.99. The van der Waals surface area contributed by atoms with Crippen LogP contribution >= 0.6 is 0 Å². The van der Waals surface area contributed by atoms with E-state index in [4.69, 9.17) is 0 Å². The Hall–Kier alpha value is -1.38. The zero-order valence-electron chi connectivity index (χ0n) is 8.49. The van der Waals surface area contributed by atoms with Gasteiger partial charge < -0.3 is 5.32 Å². The molecule has 3 heteroatoms. The summed E-state index contributed by atoms with van der Waals surface area (Å²) in [5.74, 6) is -0.0331. The number of rotatable bonds is 5. The number of aromatic nitrogens is 1. The van der Waals surface area contributed by atoms with E-state index in [0.717, 1.165) is 19.4 Å². The number of nitrogens with zero attached hydrogens (tertiary/aromatic N) is 1. The van der Waals surface area contributed by atoms with Crippen LogP contribution in [0, 0.1) is 0 Å². The van der Waals surface area contributed by atoms with Crippen LogP contribution in [0.3, 0.4) is 0 Å². The Balaban J connectivity index is 2.29. The summed E-state index contributed by atoms with van der Waals surface area (Å²) < 4.78 is 0. The van der Waals surface area contributed by atoms with E-state index in [9.17, 15) is 4.79 Å². The molecule has 1 heterocycles. The molecule has 1 aromatic heterocycles. The molecule has 1 rings (SSSR count). The fourth-order valence-corrected chi connectivity index (χ4v) is 1.18. The second-order valence-corrected chi connectivity index (χ2v) is 3.20. The van der Waals surface area contributed by atoms with Crippen LogP contribution in [0.2, 0.25) is 0 Å². The third-order valence-electron chi connectivity index (χ3n) is 1.99. The molecule has 1 aromatic rings. The van der Waals surface area contributed by atoms with Crippen LogP contribution < -0.4 is 5.32 Å². The van der Waals surface area contributed by atoms with Crippen LogP contribution in [0.1, 0.15) is 36.5 Å². The SMILES string of the molecule is CCCCCNC(=O)c1cccnc1. The Labute approximate surface area is 84.6 Å². The van der Waals surface area contributed by atoms with Crippen LogP contribution in [0.15, 0.2) is 24.5 Å². The van der Waals surface area contributed by atoms with E-state index >= 15 is 0 Å². The molecule has 14 heavy (non-hydrogen) atoms. The number of nitrogens with one attached hydrogen (secondary N) is 1. The smallest absolute Gasteiger partial charge is 0.252 e. The van der Waals surface area contributed by atoms with Gasteiger partial charge in [-0.1, -0.05) is 19.8 Å². The summed E-state index contributed by atoms with van der Waals surface area (Å²) in [4.78, 5) is 15.3. The van der Waals surface area contributed by atoms with Crippen molar-refractivity contribution in [1.29, 1.82) is 0 Å². The van der Waals surface area contributed by atoms with Gasteiger partial charge in [0.1, 0.15) is 0 Å². The first-order chi connectivity index (χ1) is 6.84. The van der Waals surface area contributed by atoms with E-state index < -0.39 is 0 Å². The minimum atomic E-state index is -0.0331. The molecule has 0 aliphatic heterocycles. The van der Waals surface area contributed by atoms with Crippen molar-refractivity contribution in [2.45, 2.75) is 26.2 Å². The minimum Gasteiger partial charge on any atom is -0.352 e. The van der Waals surface area contributed by atoms with Crippen LogP contribution in [0.4, 0.5) is 0 Å². The van der Waals surface area contributed by atoms with Crippen molar-refractivity contribution in [2.75, 3.05) is 6.54 Å². The van der Waals surface area contributed by atoms with Gasteiger partial charge in [0.2, 0.25) is 0 Å². The first-order valence-corrected chi connectivity index (χ1v) is 5.03. The van der Waals surface area contributed by atoms with Crippen molar-refractivity contribution >= 4 is 5.91 Å². The highest BCUT2D eigenvalue weighted by Gasteiger charge is 2.02. The molecule has 0 radical (unpaired) electrons. The molecule has 76 valence electrons. The van der Waals surface area contributed by atoms with Crippen LogP contribution in [0.5, 0.6) is 0 Å². The first kappa shape index (κ1) is 10.7. The highest BCUT2D eigenvalue weighted by Crippen LogP contribution is 1.96. The van der Waals surface area contributed by atoms with Crippen molar-refractivity contribution in [3.63, 3.8) is 0 Å². The van der Waals surface area contributed by atoms with E-state index in [1.807, 2.05) is 0 Å². The monoisotopic (exact) mass is 192 g/mol. The van der Waals surface area contributed by atoms with Crippen LogP contribution in [-0.2, 0) is 0 Å². The lowest BCUT2D eigenvalue weighted by molar-refractivity contribution is 0.0952. The topological polar surface area (TPSA) is 42.0 Å². The van der Waals surface area contributed by atoms with Gasteiger partial charge in [0.15, 0.2) is 0 Å². The maximum atomic E-state index is 11.5. The lowest BCUT2D eigenvalue weighted by Crippen LogP contribution is -2.24. The average Bonchev–Trinajstić information content (AvgIpc) is 2.25. The molecule has 0 fully saturated rings. The summed E-state index contributed by atoms with van der Waals surface area (Å²) in [5.41, 5.74) is 0.629. The highest BCUT2D eigenvalue weighted by atomic mass is 16.1. The van der Waals surface area contributed by atoms with Gasteiger partial charge in [-0.05, 0) is 18.6 Å². The standard InChI is InChI=1S/C11H16N2O/c1-2-3-4-8-13-11(14)10-6-5-7-12-9-10/h5-7,9H,2-4,8H2,1H3,(H,13,14). The molecular formula is C11H16N2O. The second-order valence-electron chi connectivity index (χ2n) is 3.20. The molecule has 3 nitrogen and oxygen atoms in total. The summed E-state index contributed by atoms with van der Waals surface area (Å²) in [5, 5.41) is 2.85. The molecule has 0 bridgehead atoms. The number of pyridine rings is 1. The van der Waals surface area contributed by atoms with Gasteiger partial charge in [-0.3, -0.25) is 9.78 Å². The number of amides is 1. The van der Waals surface area contributed by atoms with Gasteiger partial charge in [0.25, 0.3) is 5.91 Å². The second kappa shape index (κ2) is 6.13. The van der Waals surface area contributed by atoms with Gasteiger partial charge in [0.05, 0.1) is 5.56 Å². The molecular weight excluding hydrogens is 176 g/mol. The molecule has 1 N–H and O–H groups in total. The number of unbranched alkanes of at least 4 members (excludes halogenated alkanes) is 2. The van der Waals surface area contributed by atoms with E-state index in [1.165, 1.54) is 6.42 Å². The quantitative estimate of drug-likeness (QED) is 0.725. The Morgan fingerprint density at radius 1 is 1.50 bits per heavy atom. The number of carbonyl (C=O) groups is 1. The average molecular weight is 192 g/mol. The Kier molecular flexibility index (Phi) is 4.69. The van der Waals surface area contributed by atoms with Gasteiger partial charge >= 0.3 is 0 Å². The number of hydrogen-bond donors (Lipinski definition) is 1. The lowest BCUT2D eigenvalue weighted by atomic mass is 10.2. The molecule has 0 unspecified atom stereocenters. The summed E-state index contributed by atoms with van der Waals surface area (Å²) in [6.45, 7) is 2.89. The van der Waals surface area contributed by atoms with E-state index in [2.05, 4.69) is 17.2 Å². The Morgan fingerprint density at radius 3 is 3.00 bits per heavy atom. The van der Waals surface area contributed by atoms with Crippen molar-refractivity contribution in [1.82, 2.24) is 10.3 Å². The van der Waals surface area contributed by atoms with Gasteiger partial charge in [-0.2, -0.15) is 0 Å². The maximum Gasteiger partial charge on any atom is 0.252 e. The summed E-state index contributed by atoms with van der Waals surface area (Å²) in [6, 6.07) is 3.53. The number of hydrogen-bond acceptors (Lipinski definition) is 2. The van der Waals surface area contributed by atoms with Crippen molar-refractivity contribution in [3.8, 4) is 0 Å². The van der Waals surface area contributed by atoms with Gasteiger partial charge in [-0.15, -0.1) is 0 Å². The van der Waals surface area contributed by atoms with Crippen LogP contribution in [0.25, 0.3) is 0 Å². The van der Waals surface area contributed by atoms with Gasteiger partial charge in [0, 0.05) is 18.9 Å². The van der Waals surface area contributed by atoms with E-state index in [1.54, 1.807) is 24.5 Å². The molecule has 0 spiro atoms. The summed E-state index contributed by atoms with van der Waals surface area (Å²) >= 11 is 0. The van der Waals surface area contributed by atoms with E-state index in [-0.39, 0.29) is 5.91 Å². The molecule has 0 atom stereocenters. The lowest BCUT2D eigenvalue weighted by Gasteiger charge is -2.03. The molecule has 0 aliphatic carbocycles. The zero-order valence-corrected chi connectivity index (χ0v) is 8.49. The first-order valence-electron chi connectivity index (χ1n) is 5.03. The molecule has 0 aliphatic rings. The predicted molar refractivity (Wildman–Crippen MR) is 56.1 cm³/mol. The molecule has 0 saturated carbocycles. The third kappa shape index (κ3) is 3.56. The molecule has 0 aromatic carbocycles. The summed E-state index contributed by atoms with van der Waals surface area (Å²) in [7, 11) is 0. The Morgan fingerprint density at radius 2 is 2.36 bits per heavy atom. The number of carbonyl (C=O) groups excluding carboxylic acids is 1. The normalized spacial score (nSPS) is 9.79. The van der Waals surface area contributed by atoms with Crippen LogP contribution in [-0.4, -0.2) is 17.4 Å². The van der Waals surface area contributed by atoms with Gasteiger partial charge in [-0.25, -0.2) is 0 Å². The fraction of sp³-hybridized carbons (Fsp3) is 0.455. The maximum absolute atomic E-state index is 11.5. The van der Waals surface area contributed by atoms with Crippen molar-refractivity contribution in [3.05, 3.63) is 30.1 Å². The fourth-order valence-electron chi connectivity index (χ4n) is 1.18. The zero-order chi connectivity index (χ0) is 10.2. The minimum absolute atomic E-state index is 0.0331. The Bertz CT molecular complexity index is 272. The van der Waals surface area contributed by atoms with Crippen molar-refractivity contribution in [2.24, 2.45) is 0 Å². The predicted octanol–water partition coefficient (Wildman–Crippen LogP) is 2.00. The molecule has 1 amide bonds. The van der Waals surface area contributed by atoms with Crippen molar-refractivity contribution < 1.29 is 4.79 Å².